The van der Waals surface area contributed by atoms with Crippen LogP contribution in [0, 0.1) is 0 Å². The van der Waals surface area contributed by atoms with Gasteiger partial charge in [0.25, 0.3) is 0 Å². The second kappa shape index (κ2) is 4.73. The van der Waals surface area contributed by atoms with Gasteiger partial charge < -0.3 is 4.74 Å². The molecule has 0 radical (unpaired) electrons. The van der Waals surface area contributed by atoms with E-state index in [1.807, 2.05) is 6.08 Å². The highest BCUT2D eigenvalue weighted by Gasteiger charge is 2.38. The first-order valence-electron chi connectivity index (χ1n) is 5.66. The molecule has 0 aromatic rings. The summed E-state index contributed by atoms with van der Waals surface area (Å²) in [4.78, 5) is 0. The van der Waals surface area contributed by atoms with E-state index in [0.29, 0.717) is 18.8 Å². The molecule has 1 saturated heterocycles. The van der Waals surface area contributed by atoms with E-state index in [1.54, 1.807) is 0 Å². The maximum atomic E-state index is 12.0. The van der Waals surface area contributed by atoms with Crippen LogP contribution in [-0.2, 0) is 14.6 Å². The molecule has 1 fully saturated rings. The van der Waals surface area contributed by atoms with Gasteiger partial charge in [0.2, 0.25) is 0 Å². The normalized spacial score (nSPS) is 30.6. The Balaban J connectivity index is 2.19. The summed E-state index contributed by atoms with van der Waals surface area (Å²) >= 11 is 0. The van der Waals surface area contributed by atoms with E-state index in [-0.39, 0.29) is 11.8 Å². The number of rotatable bonds is 3. The van der Waals surface area contributed by atoms with Crippen molar-refractivity contribution in [2.24, 2.45) is 5.84 Å². The minimum atomic E-state index is -3.04. The topological polar surface area (TPSA) is 81.4 Å². The molecule has 2 heterocycles. The summed E-state index contributed by atoms with van der Waals surface area (Å²) in [5.74, 6) is 6.43. The van der Waals surface area contributed by atoms with E-state index >= 15 is 0 Å². The molecule has 6 heteroatoms. The summed E-state index contributed by atoms with van der Waals surface area (Å²) in [5, 5.41) is -0.435. The van der Waals surface area contributed by atoms with Gasteiger partial charge in [-0.15, -0.1) is 0 Å². The van der Waals surface area contributed by atoms with Crippen LogP contribution in [0.1, 0.15) is 25.7 Å². The van der Waals surface area contributed by atoms with Crippen LogP contribution in [0.5, 0.6) is 0 Å². The van der Waals surface area contributed by atoms with E-state index in [1.165, 1.54) is 0 Å². The van der Waals surface area contributed by atoms with Gasteiger partial charge >= 0.3 is 0 Å². The van der Waals surface area contributed by atoms with E-state index in [9.17, 15) is 8.42 Å². The zero-order valence-electron chi connectivity index (χ0n) is 9.19. The van der Waals surface area contributed by atoms with Gasteiger partial charge in [0, 0.05) is 6.42 Å². The molecule has 92 valence electrons. The van der Waals surface area contributed by atoms with Crippen molar-refractivity contribution >= 4 is 9.84 Å². The van der Waals surface area contributed by atoms with Crippen molar-refractivity contribution in [3.63, 3.8) is 0 Å². The maximum absolute atomic E-state index is 12.0. The molecular formula is C10H18N2O3S. The molecule has 2 atom stereocenters. The van der Waals surface area contributed by atoms with Crippen molar-refractivity contribution in [2.45, 2.75) is 37.0 Å². The first kappa shape index (κ1) is 11.9. The molecule has 0 spiro atoms. The average Bonchev–Trinajstić information content (AvgIpc) is 2.75. The van der Waals surface area contributed by atoms with Crippen LogP contribution in [0.25, 0.3) is 0 Å². The van der Waals surface area contributed by atoms with Gasteiger partial charge in [-0.2, -0.15) is 0 Å². The van der Waals surface area contributed by atoms with Crippen LogP contribution < -0.4 is 11.3 Å². The lowest BCUT2D eigenvalue weighted by Crippen LogP contribution is -2.50. The summed E-state index contributed by atoms with van der Waals surface area (Å²) < 4.78 is 29.3. The Morgan fingerprint density at radius 1 is 1.50 bits per heavy atom. The predicted molar refractivity (Wildman–Crippen MR) is 61.2 cm³/mol. The lowest BCUT2D eigenvalue weighted by Gasteiger charge is -2.29. The van der Waals surface area contributed by atoms with Crippen molar-refractivity contribution in [3.05, 3.63) is 11.8 Å². The van der Waals surface area contributed by atoms with Crippen LogP contribution in [0.15, 0.2) is 11.8 Å². The Hall–Kier alpha value is -0.590. The highest BCUT2D eigenvalue weighted by molar-refractivity contribution is 7.92. The third kappa shape index (κ3) is 2.23. The van der Waals surface area contributed by atoms with Gasteiger partial charge in [-0.05, 0) is 18.9 Å². The molecule has 3 N–H and O–H groups in total. The van der Waals surface area contributed by atoms with Crippen LogP contribution in [0.3, 0.4) is 0 Å². The second-order valence-corrected chi connectivity index (χ2v) is 6.63. The number of nitrogens with two attached hydrogens (primary N) is 1. The molecule has 0 bridgehead atoms. The first-order chi connectivity index (χ1) is 7.65. The minimum absolute atomic E-state index is 0.267. The van der Waals surface area contributed by atoms with Crippen LogP contribution >= 0.6 is 0 Å². The summed E-state index contributed by atoms with van der Waals surface area (Å²) in [5.41, 5.74) is 2.60. The van der Waals surface area contributed by atoms with Gasteiger partial charge in [-0.3, -0.25) is 5.84 Å². The molecular weight excluding hydrogens is 228 g/mol. The van der Waals surface area contributed by atoms with Crippen LogP contribution in [0.4, 0.5) is 0 Å². The summed E-state index contributed by atoms with van der Waals surface area (Å²) in [7, 11) is -3.04. The van der Waals surface area contributed by atoms with Crippen molar-refractivity contribution in [3.8, 4) is 0 Å². The molecule has 0 aromatic carbocycles. The quantitative estimate of drug-likeness (QED) is 0.545. The third-order valence-corrected chi connectivity index (χ3v) is 5.51. The zero-order chi connectivity index (χ0) is 11.6. The van der Waals surface area contributed by atoms with E-state index in [4.69, 9.17) is 10.6 Å². The molecule has 2 rings (SSSR count). The van der Waals surface area contributed by atoms with Gasteiger partial charge in [0.1, 0.15) is 5.76 Å². The Labute approximate surface area is 95.9 Å². The van der Waals surface area contributed by atoms with Crippen molar-refractivity contribution in [2.75, 3.05) is 12.4 Å². The number of ether oxygens (including phenoxy) is 1. The second-order valence-electron chi connectivity index (χ2n) is 4.29. The number of hydrogen-bond acceptors (Lipinski definition) is 5. The van der Waals surface area contributed by atoms with Crippen LogP contribution in [-0.4, -0.2) is 32.1 Å². The Morgan fingerprint density at radius 2 is 2.31 bits per heavy atom. The number of hydrazine groups is 1. The summed E-state index contributed by atoms with van der Waals surface area (Å²) in [6.45, 7) is 0.625. The molecule has 0 aliphatic carbocycles. The maximum Gasteiger partial charge on any atom is 0.155 e. The Kier molecular flexibility index (Phi) is 3.51. The number of sulfone groups is 1. The predicted octanol–water partition coefficient (Wildman–Crippen LogP) is 0.0898. The molecule has 2 aliphatic rings. The molecule has 0 amide bonds. The zero-order valence-corrected chi connectivity index (χ0v) is 10.0. The molecule has 2 aliphatic heterocycles. The highest BCUT2D eigenvalue weighted by Crippen LogP contribution is 2.27. The van der Waals surface area contributed by atoms with Crippen molar-refractivity contribution in [1.82, 2.24) is 5.43 Å². The van der Waals surface area contributed by atoms with Crippen molar-refractivity contribution in [1.29, 1.82) is 0 Å². The standard InChI is InChI=1S/C10H18N2O3S/c11-12-10(8-4-3-6-15-8)9-5-1-2-7-16(9,13)14/h4,9-10,12H,1-3,5-7,11H2. The lowest BCUT2D eigenvalue weighted by atomic mass is 10.1. The fourth-order valence-electron chi connectivity index (χ4n) is 2.38. The van der Waals surface area contributed by atoms with E-state index in [2.05, 4.69) is 5.43 Å². The van der Waals surface area contributed by atoms with Crippen LogP contribution in [0.2, 0.25) is 0 Å². The van der Waals surface area contributed by atoms with Crippen molar-refractivity contribution < 1.29 is 13.2 Å². The number of nitrogens with one attached hydrogen (secondary N) is 1. The van der Waals surface area contributed by atoms with Gasteiger partial charge in [0.15, 0.2) is 9.84 Å². The SMILES string of the molecule is NNC(C1=CCCO1)C1CCCCS1(=O)=O. The summed E-state index contributed by atoms with van der Waals surface area (Å²) in [6, 6.07) is -0.382. The smallest absolute Gasteiger partial charge is 0.155 e. The number of hydrogen-bond donors (Lipinski definition) is 2. The Bertz CT molecular complexity index is 378. The average molecular weight is 246 g/mol. The van der Waals surface area contributed by atoms with Gasteiger partial charge in [-0.25, -0.2) is 13.8 Å². The fourth-order valence-corrected chi connectivity index (χ4v) is 4.44. The molecule has 2 unspecified atom stereocenters. The monoisotopic (exact) mass is 246 g/mol. The minimum Gasteiger partial charge on any atom is -0.496 e. The third-order valence-electron chi connectivity index (χ3n) is 3.22. The van der Waals surface area contributed by atoms with E-state index in [0.717, 1.165) is 19.3 Å². The molecule has 0 saturated carbocycles. The fraction of sp³-hybridized carbons (Fsp3) is 0.800. The van der Waals surface area contributed by atoms with Gasteiger partial charge in [-0.1, -0.05) is 6.42 Å². The molecule has 16 heavy (non-hydrogen) atoms. The molecule has 0 aromatic heterocycles. The lowest BCUT2D eigenvalue weighted by molar-refractivity contribution is 0.210. The Morgan fingerprint density at radius 3 is 2.88 bits per heavy atom. The highest BCUT2D eigenvalue weighted by atomic mass is 32.2. The van der Waals surface area contributed by atoms with E-state index < -0.39 is 15.1 Å². The largest absolute Gasteiger partial charge is 0.496 e. The molecule has 5 nitrogen and oxygen atoms in total. The van der Waals surface area contributed by atoms with Gasteiger partial charge in [0.05, 0.1) is 23.7 Å². The summed E-state index contributed by atoms with van der Waals surface area (Å²) in [6.07, 6.45) is 5.12. The first-order valence-corrected chi connectivity index (χ1v) is 7.37.